The molecule has 0 spiro atoms. The van der Waals surface area contributed by atoms with Gasteiger partial charge in [-0.15, -0.1) is 0 Å². The first kappa shape index (κ1) is 24.2. The predicted octanol–water partition coefficient (Wildman–Crippen LogP) is 4.69. The van der Waals surface area contributed by atoms with Crippen LogP contribution in [0, 0.1) is 40.4 Å². The fourth-order valence-electron chi connectivity index (χ4n) is 8.59. The molecule has 8 atom stereocenters. The molecule has 4 aliphatic carbocycles. The quantitative estimate of drug-likeness (QED) is 0.439. The van der Waals surface area contributed by atoms with Gasteiger partial charge in [0, 0.05) is 20.0 Å². The Morgan fingerprint density at radius 3 is 2.78 bits per heavy atom. The van der Waals surface area contributed by atoms with Crippen molar-refractivity contribution in [1.29, 1.82) is 0 Å². The topological polar surface area (TPSA) is 75.8 Å². The van der Waals surface area contributed by atoms with E-state index in [9.17, 15) is 9.90 Å². The van der Waals surface area contributed by atoms with E-state index >= 15 is 0 Å². The van der Waals surface area contributed by atoms with E-state index in [1.807, 2.05) is 0 Å². The summed E-state index contributed by atoms with van der Waals surface area (Å²) in [4.78, 5) is 17.8. The molecule has 0 unspecified atom stereocenters. The van der Waals surface area contributed by atoms with Crippen molar-refractivity contribution < 1.29 is 14.7 Å². The van der Waals surface area contributed by atoms with Gasteiger partial charge in [-0.1, -0.05) is 32.4 Å². The van der Waals surface area contributed by atoms with Crippen molar-refractivity contribution in [1.82, 2.24) is 5.06 Å². The lowest BCUT2D eigenvalue weighted by Gasteiger charge is -2.58. The van der Waals surface area contributed by atoms with Gasteiger partial charge < -0.3 is 10.8 Å². The Morgan fingerprint density at radius 2 is 2.03 bits per heavy atom. The summed E-state index contributed by atoms with van der Waals surface area (Å²) in [5, 5.41) is 11.6. The maximum Gasteiger partial charge on any atom is 0.245 e. The lowest BCUT2D eigenvalue weighted by molar-refractivity contribution is -0.177. The molecule has 0 aromatic rings. The number of allylic oxidation sites excluding steroid dienone is 1. The van der Waals surface area contributed by atoms with E-state index < -0.39 is 0 Å². The smallest absolute Gasteiger partial charge is 0.245 e. The van der Waals surface area contributed by atoms with Crippen molar-refractivity contribution in [3.8, 4) is 0 Å². The van der Waals surface area contributed by atoms with Crippen molar-refractivity contribution in [3.05, 3.63) is 11.6 Å². The summed E-state index contributed by atoms with van der Waals surface area (Å²) >= 11 is 0. The van der Waals surface area contributed by atoms with Crippen LogP contribution in [0.25, 0.3) is 0 Å². The number of carbonyl (C=O) groups is 1. The fraction of sp³-hybridized carbons (Fsp3) is 0.889. The van der Waals surface area contributed by atoms with Gasteiger partial charge >= 0.3 is 0 Å². The standard InChI is InChI=1S/C27H46N2O3/c1-18(5-10-25(31)29(4)32-16-15-28)22-8-9-23-21-7-6-19-17-20(30)11-13-26(19,2)24(21)12-14-27(22,23)3/h6,18,20-24,30H,5,7-17,28H2,1-4H3/t18-,20+,21+,22-,23+,24+,26+,27-/m1/s1. The molecule has 0 aromatic carbocycles. The van der Waals surface area contributed by atoms with Crippen LogP contribution >= 0.6 is 0 Å². The highest BCUT2D eigenvalue weighted by Gasteiger charge is 2.59. The molecule has 4 aliphatic rings. The van der Waals surface area contributed by atoms with Crippen molar-refractivity contribution in [2.24, 2.45) is 46.2 Å². The highest BCUT2D eigenvalue weighted by atomic mass is 16.7. The molecular formula is C27H46N2O3. The van der Waals surface area contributed by atoms with Crippen LogP contribution in [0.15, 0.2) is 11.6 Å². The van der Waals surface area contributed by atoms with Crippen LogP contribution in [0.2, 0.25) is 0 Å². The number of carbonyl (C=O) groups excluding carboxylic acids is 1. The van der Waals surface area contributed by atoms with Crippen LogP contribution in [0.4, 0.5) is 0 Å². The van der Waals surface area contributed by atoms with Gasteiger partial charge in [-0.05, 0) is 98.2 Å². The molecule has 1 amide bonds. The van der Waals surface area contributed by atoms with Crippen LogP contribution in [0.1, 0.15) is 85.0 Å². The minimum atomic E-state index is -0.126. The molecule has 0 radical (unpaired) electrons. The highest BCUT2D eigenvalue weighted by Crippen LogP contribution is 2.67. The van der Waals surface area contributed by atoms with E-state index in [2.05, 4.69) is 26.8 Å². The number of amides is 1. The molecule has 182 valence electrons. The monoisotopic (exact) mass is 446 g/mol. The number of hydroxylamine groups is 2. The third-order valence-corrected chi connectivity index (χ3v) is 10.4. The molecule has 5 nitrogen and oxygen atoms in total. The Morgan fingerprint density at radius 1 is 1.25 bits per heavy atom. The second kappa shape index (κ2) is 9.38. The predicted molar refractivity (Wildman–Crippen MR) is 127 cm³/mol. The number of hydrogen-bond acceptors (Lipinski definition) is 4. The van der Waals surface area contributed by atoms with E-state index in [1.54, 1.807) is 12.6 Å². The Balaban J connectivity index is 1.41. The molecule has 3 fully saturated rings. The van der Waals surface area contributed by atoms with Crippen LogP contribution in [0.5, 0.6) is 0 Å². The second-order valence-corrected chi connectivity index (χ2v) is 11.9. The molecule has 0 heterocycles. The maximum absolute atomic E-state index is 12.4. The Hall–Kier alpha value is -0.910. The summed E-state index contributed by atoms with van der Waals surface area (Å²) in [6.45, 7) is 8.27. The number of nitrogens with zero attached hydrogens (tertiary/aromatic N) is 1. The summed E-state index contributed by atoms with van der Waals surface area (Å²) in [7, 11) is 1.70. The fourth-order valence-corrected chi connectivity index (χ4v) is 8.59. The maximum atomic E-state index is 12.4. The average molecular weight is 447 g/mol. The summed E-state index contributed by atoms with van der Waals surface area (Å²) in [6.07, 6.45) is 13.5. The lowest BCUT2D eigenvalue weighted by atomic mass is 9.47. The van der Waals surface area contributed by atoms with Gasteiger partial charge in [-0.25, -0.2) is 5.06 Å². The SMILES string of the molecule is C[C@H](CCC(=O)N(C)OCCN)[C@H]1CC[C@H]2[C@@H]3CC=C4C[C@@H](O)CC[C@]4(C)[C@H]3CC[C@]12C. The number of fused-ring (bicyclic) bond motifs is 5. The third kappa shape index (κ3) is 4.18. The molecule has 0 saturated heterocycles. The van der Waals surface area contributed by atoms with Gasteiger partial charge in [0.25, 0.3) is 0 Å². The molecule has 0 aliphatic heterocycles. The minimum absolute atomic E-state index is 0.0612. The van der Waals surface area contributed by atoms with Crippen LogP contribution in [0.3, 0.4) is 0 Å². The van der Waals surface area contributed by atoms with Gasteiger partial charge in [0.2, 0.25) is 5.91 Å². The molecule has 3 saturated carbocycles. The zero-order chi connectivity index (χ0) is 23.1. The van der Waals surface area contributed by atoms with E-state index in [0.29, 0.717) is 42.2 Å². The van der Waals surface area contributed by atoms with E-state index in [1.165, 1.54) is 37.2 Å². The zero-order valence-electron chi connectivity index (χ0n) is 20.8. The number of nitrogens with two attached hydrogens (primary N) is 1. The normalized spacial score (nSPS) is 41.8. The number of hydrogen-bond donors (Lipinski definition) is 2. The first-order valence-electron chi connectivity index (χ1n) is 13.2. The Bertz CT molecular complexity index is 724. The summed E-state index contributed by atoms with van der Waals surface area (Å²) in [6, 6.07) is 0. The van der Waals surface area contributed by atoms with Crippen LogP contribution in [-0.4, -0.2) is 42.4 Å². The van der Waals surface area contributed by atoms with Crippen molar-refractivity contribution in [2.45, 2.75) is 91.1 Å². The minimum Gasteiger partial charge on any atom is -0.393 e. The summed E-state index contributed by atoms with van der Waals surface area (Å²) in [5.74, 6) is 3.73. The highest BCUT2D eigenvalue weighted by molar-refractivity contribution is 5.74. The first-order valence-corrected chi connectivity index (χ1v) is 13.2. The average Bonchev–Trinajstić information content (AvgIpc) is 3.13. The Kier molecular flexibility index (Phi) is 7.10. The molecule has 5 heteroatoms. The summed E-state index contributed by atoms with van der Waals surface area (Å²) in [5.41, 5.74) is 7.75. The number of aliphatic hydroxyl groups excluding tert-OH is 1. The number of rotatable bonds is 7. The zero-order valence-corrected chi connectivity index (χ0v) is 20.8. The third-order valence-electron chi connectivity index (χ3n) is 10.4. The molecule has 4 rings (SSSR count). The van der Waals surface area contributed by atoms with Crippen molar-refractivity contribution >= 4 is 5.91 Å². The Labute approximate surface area is 195 Å². The van der Waals surface area contributed by atoms with Gasteiger partial charge in [-0.3, -0.25) is 9.63 Å². The molecular weight excluding hydrogens is 400 g/mol. The van der Waals surface area contributed by atoms with Gasteiger partial charge in [0.15, 0.2) is 0 Å². The van der Waals surface area contributed by atoms with Crippen molar-refractivity contribution in [3.63, 3.8) is 0 Å². The van der Waals surface area contributed by atoms with E-state index in [0.717, 1.165) is 43.4 Å². The molecule has 3 N–H and O–H groups in total. The van der Waals surface area contributed by atoms with Gasteiger partial charge in [0.05, 0.1) is 12.7 Å². The van der Waals surface area contributed by atoms with Crippen LogP contribution in [-0.2, 0) is 9.63 Å². The summed E-state index contributed by atoms with van der Waals surface area (Å²) < 4.78 is 0. The molecule has 0 aromatic heterocycles. The number of aliphatic hydroxyl groups is 1. The van der Waals surface area contributed by atoms with Crippen molar-refractivity contribution in [2.75, 3.05) is 20.2 Å². The molecule has 0 bridgehead atoms. The molecule has 32 heavy (non-hydrogen) atoms. The van der Waals surface area contributed by atoms with Gasteiger partial charge in [-0.2, -0.15) is 0 Å². The van der Waals surface area contributed by atoms with Gasteiger partial charge in [0.1, 0.15) is 0 Å². The first-order chi connectivity index (χ1) is 15.2. The van der Waals surface area contributed by atoms with E-state index in [-0.39, 0.29) is 12.0 Å². The largest absolute Gasteiger partial charge is 0.393 e. The van der Waals surface area contributed by atoms with E-state index in [4.69, 9.17) is 10.6 Å². The van der Waals surface area contributed by atoms with Crippen LogP contribution < -0.4 is 5.73 Å². The lowest BCUT2D eigenvalue weighted by Crippen LogP contribution is -2.50. The second-order valence-electron chi connectivity index (χ2n) is 11.9.